The monoisotopic (exact) mass is 380 g/mol. The molecule has 1 aliphatic heterocycles. The highest BCUT2D eigenvalue weighted by molar-refractivity contribution is 6.03. The lowest BCUT2D eigenvalue weighted by atomic mass is 10.1. The van der Waals surface area contributed by atoms with Gasteiger partial charge in [-0.1, -0.05) is 18.2 Å². The van der Waals surface area contributed by atoms with Crippen molar-refractivity contribution >= 4 is 23.3 Å². The third-order valence-electron chi connectivity index (χ3n) is 4.54. The van der Waals surface area contributed by atoms with Crippen molar-refractivity contribution in [1.82, 2.24) is 9.78 Å². The first kappa shape index (κ1) is 17.7. The molecule has 2 aromatic carbocycles. The molecular weight excluding hydrogens is 363 g/mol. The summed E-state index contributed by atoms with van der Waals surface area (Å²) in [5, 5.41) is 9.82. The lowest BCUT2D eigenvalue weighted by molar-refractivity contribution is -0.125. The van der Waals surface area contributed by atoms with Crippen LogP contribution in [-0.4, -0.2) is 28.7 Å². The predicted molar refractivity (Wildman–Crippen MR) is 102 cm³/mol. The number of hydrogen-bond acceptors (Lipinski definition) is 4. The van der Waals surface area contributed by atoms with E-state index in [0.717, 1.165) is 5.56 Å². The first-order chi connectivity index (χ1) is 13.6. The number of ether oxygens (including phenoxy) is 1. The Labute approximate surface area is 160 Å². The number of aromatic nitrogens is 2. The zero-order valence-electron chi connectivity index (χ0n) is 15.0. The molecule has 0 spiro atoms. The van der Waals surface area contributed by atoms with E-state index >= 15 is 0 Å². The van der Waals surface area contributed by atoms with Crippen LogP contribution in [0.4, 0.5) is 15.9 Å². The second-order valence-corrected chi connectivity index (χ2v) is 6.32. The number of carbonyl (C=O) groups excluding carboxylic acids is 2. The summed E-state index contributed by atoms with van der Waals surface area (Å²) >= 11 is 0. The van der Waals surface area contributed by atoms with Crippen LogP contribution in [0.2, 0.25) is 0 Å². The van der Waals surface area contributed by atoms with Crippen LogP contribution in [-0.2, 0) is 9.59 Å². The van der Waals surface area contributed by atoms with Crippen molar-refractivity contribution in [3.63, 3.8) is 0 Å². The number of fused-ring (bicyclic) bond motifs is 1. The number of nitrogens with one attached hydrogen (secondary N) is 2. The summed E-state index contributed by atoms with van der Waals surface area (Å²) in [4.78, 5) is 25.0. The average molecular weight is 380 g/mol. The molecule has 0 fully saturated rings. The van der Waals surface area contributed by atoms with Crippen LogP contribution in [0, 0.1) is 5.82 Å². The van der Waals surface area contributed by atoms with Gasteiger partial charge >= 0.3 is 0 Å². The van der Waals surface area contributed by atoms with Crippen LogP contribution in [0.25, 0.3) is 11.1 Å². The van der Waals surface area contributed by atoms with Crippen molar-refractivity contribution in [2.45, 2.75) is 12.5 Å². The molecule has 28 heavy (non-hydrogen) atoms. The fourth-order valence-electron chi connectivity index (χ4n) is 3.20. The highest BCUT2D eigenvalue weighted by atomic mass is 19.1. The zero-order valence-corrected chi connectivity index (χ0v) is 15.0. The van der Waals surface area contributed by atoms with E-state index in [9.17, 15) is 14.0 Å². The largest absolute Gasteiger partial charge is 0.496 e. The molecule has 2 amide bonds. The third kappa shape index (κ3) is 3.20. The minimum absolute atomic E-state index is 0.0485. The van der Waals surface area contributed by atoms with E-state index in [4.69, 9.17) is 4.74 Å². The Morgan fingerprint density at radius 2 is 1.96 bits per heavy atom. The molecule has 7 nitrogen and oxygen atoms in total. The van der Waals surface area contributed by atoms with Gasteiger partial charge in [0.2, 0.25) is 11.8 Å². The van der Waals surface area contributed by atoms with Crippen molar-refractivity contribution in [3.8, 4) is 16.9 Å². The molecule has 142 valence electrons. The predicted octanol–water partition coefficient (Wildman–Crippen LogP) is 3.22. The maximum atomic E-state index is 13.1. The van der Waals surface area contributed by atoms with Gasteiger partial charge in [0.05, 0.1) is 19.7 Å². The van der Waals surface area contributed by atoms with Gasteiger partial charge in [0, 0.05) is 16.8 Å². The van der Waals surface area contributed by atoms with Crippen molar-refractivity contribution < 1.29 is 18.7 Å². The fraction of sp³-hybridized carbons (Fsp3) is 0.150. The summed E-state index contributed by atoms with van der Waals surface area (Å²) in [7, 11) is 1.56. The van der Waals surface area contributed by atoms with E-state index in [-0.39, 0.29) is 12.3 Å². The maximum Gasteiger partial charge on any atom is 0.249 e. The molecule has 0 unspecified atom stereocenters. The molecule has 4 rings (SSSR count). The SMILES string of the molecule is COc1ccccc1-c1cnn2c1NC(=O)C[C@@H]2C(=O)Nc1ccc(F)cc1. The Balaban J connectivity index is 1.68. The van der Waals surface area contributed by atoms with Gasteiger partial charge in [0.1, 0.15) is 23.4 Å². The van der Waals surface area contributed by atoms with Crippen LogP contribution in [0.1, 0.15) is 12.5 Å². The number of anilines is 2. The Bertz CT molecular complexity index is 1050. The molecule has 0 saturated heterocycles. The molecule has 2 heterocycles. The van der Waals surface area contributed by atoms with Crippen LogP contribution < -0.4 is 15.4 Å². The van der Waals surface area contributed by atoms with Crippen molar-refractivity contribution in [2.24, 2.45) is 0 Å². The van der Waals surface area contributed by atoms with Gasteiger partial charge in [0.15, 0.2) is 0 Å². The summed E-state index contributed by atoms with van der Waals surface area (Å²) in [5.74, 6) is -0.0305. The molecule has 0 saturated carbocycles. The van der Waals surface area contributed by atoms with Crippen LogP contribution in [0.5, 0.6) is 5.75 Å². The highest BCUT2D eigenvalue weighted by Crippen LogP contribution is 2.38. The number of hydrogen-bond donors (Lipinski definition) is 2. The molecule has 1 atom stereocenters. The van der Waals surface area contributed by atoms with Gasteiger partial charge in [-0.25, -0.2) is 9.07 Å². The second kappa shape index (κ2) is 7.15. The average Bonchev–Trinajstić information content (AvgIpc) is 3.12. The molecule has 1 aromatic heterocycles. The van der Waals surface area contributed by atoms with E-state index in [1.165, 1.54) is 28.9 Å². The quantitative estimate of drug-likeness (QED) is 0.728. The van der Waals surface area contributed by atoms with E-state index in [0.29, 0.717) is 22.8 Å². The molecule has 8 heteroatoms. The summed E-state index contributed by atoms with van der Waals surface area (Å²) in [5.41, 5.74) is 1.85. The first-order valence-electron chi connectivity index (χ1n) is 8.64. The lowest BCUT2D eigenvalue weighted by Gasteiger charge is -2.24. The maximum absolute atomic E-state index is 13.1. The van der Waals surface area contributed by atoms with Gasteiger partial charge < -0.3 is 15.4 Å². The third-order valence-corrected chi connectivity index (χ3v) is 4.54. The number of halogens is 1. The van der Waals surface area contributed by atoms with Crippen molar-refractivity contribution in [1.29, 1.82) is 0 Å². The number of amides is 2. The zero-order chi connectivity index (χ0) is 19.7. The fourth-order valence-corrected chi connectivity index (χ4v) is 3.20. The number of carbonyl (C=O) groups is 2. The lowest BCUT2D eigenvalue weighted by Crippen LogP contribution is -2.35. The number of nitrogens with zero attached hydrogens (tertiary/aromatic N) is 2. The van der Waals surface area contributed by atoms with E-state index in [2.05, 4.69) is 15.7 Å². The smallest absolute Gasteiger partial charge is 0.249 e. The van der Waals surface area contributed by atoms with E-state index < -0.39 is 17.8 Å². The summed E-state index contributed by atoms with van der Waals surface area (Å²) < 4.78 is 19.9. The normalized spacial score (nSPS) is 15.5. The first-order valence-corrected chi connectivity index (χ1v) is 8.64. The topological polar surface area (TPSA) is 85.2 Å². The number of rotatable bonds is 4. The van der Waals surface area contributed by atoms with Crippen molar-refractivity contribution in [3.05, 3.63) is 60.5 Å². The Morgan fingerprint density at radius 3 is 2.71 bits per heavy atom. The molecule has 0 radical (unpaired) electrons. The highest BCUT2D eigenvalue weighted by Gasteiger charge is 2.33. The molecule has 0 aliphatic carbocycles. The van der Waals surface area contributed by atoms with Gasteiger partial charge in [-0.2, -0.15) is 5.10 Å². The minimum Gasteiger partial charge on any atom is -0.496 e. The Hall–Kier alpha value is -3.68. The molecule has 3 aromatic rings. The summed E-state index contributed by atoms with van der Waals surface area (Å²) in [6, 6.07) is 12.0. The Kier molecular flexibility index (Phi) is 4.52. The standard InChI is InChI=1S/C20H17FN4O3/c1-28-17-5-3-2-4-14(17)15-11-22-25-16(10-18(26)24-19(15)25)20(27)23-13-8-6-12(21)7-9-13/h2-9,11,16H,10H2,1H3,(H,23,27)(H,24,26)/t16-/m1/s1. The van der Waals surface area contributed by atoms with Crippen LogP contribution in [0.15, 0.2) is 54.7 Å². The molecule has 1 aliphatic rings. The summed E-state index contributed by atoms with van der Waals surface area (Å²) in [6.45, 7) is 0. The van der Waals surface area contributed by atoms with Gasteiger partial charge in [-0.3, -0.25) is 9.59 Å². The van der Waals surface area contributed by atoms with E-state index in [1.54, 1.807) is 13.3 Å². The van der Waals surface area contributed by atoms with Crippen molar-refractivity contribution in [2.75, 3.05) is 17.7 Å². The number of para-hydroxylation sites is 1. The molecule has 2 N–H and O–H groups in total. The molecule has 0 bridgehead atoms. The second-order valence-electron chi connectivity index (χ2n) is 6.32. The minimum atomic E-state index is -0.822. The van der Waals surface area contributed by atoms with Crippen LogP contribution in [0.3, 0.4) is 0 Å². The van der Waals surface area contributed by atoms with Crippen LogP contribution >= 0.6 is 0 Å². The Morgan fingerprint density at radius 1 is 1.21 bits per heavy atom. The number of benzene rings is 2. The number of methoxy groups -OCH3 is 1. The molecular formula is C20H17FN4O3. The summed E-state index contributed by atoms with van der Waals surface area (Å²) in [6.07, 6.45) is 1.55. The van der Waals surface area contributed by atoms with Gasteiger partial charge in [-0.05, 0) is 30.3 Å². The van der Waals surface area contributed by atoms with Gasteiger partial charge in [-0.15, -0.1) is 0 Å². The van der Waals surface area contributed by atoms with Gasteiger partial charge in [0.25, 0.3) is 0 Å². The van der Waals surface area contributed by atoms with E-state index in [1.807, 2.05) is 24.3 Å².